The average molecular weight is 368 g/mol. The van der Waals surface area contributed by atoms with E-state index in [0.717, 1.165) is 12.8 Å². The molecule has 0 aromatic heterocycles. The Labute approximate surface area is 165 Å². The van der Waals surface area contributed by atoms with Crippen LogP contribution in [-0.4, -0.2) is 0 Å². The van der Waals surface area contributed by atoms with Gasteiger partial charge in [0.25, 0.3) is 0 Å². The minimum absolute atomic E-state index is 0.172. The van der Waals surface area contributed by atoms with E-state index in [9.17, 15) is 0 Å². The molecule has 0 amide bonds. The largest absolute Gasteiger partial charge is 0.328 e. The van der Waals surface area contributed by atoms with Gasteiger partial charge >= 0.3 is 0 Å². The fraction of sp³-hybridized carbons (Fsp3) is 0.120. The van der Waals surface area contributed by atoms with E-state index in [1.54, 1.807) is 0 Å². The number of rotatable bonds is 3. The van der Waals surface area contributed by atoms with Crippen molar-refractivity contribution in [2.45, 2.75) is 28.7 Å². The molecule has 0 saturated carbocycles. The van der Waals surface area contributed by atoms with Crippen molar-refractivity contribution in [2.24, 2.45) is 0 Å². The summed E-state index contributed by atoms with van der Waals surface area (Å²) in [6.45, 7) is 0. The Hall–Kier alpha value is -2.71. The Morgan fingerprint density at radius 2 is 1.33 bits per heavy atom. The van der Waals surface area contributed by atoms with Crippen molar-refractivity contribution in [3.8, 4) is 0 Å². The van der Waals surface area contributed by atoms with Crippen LogP contribution >= 0.6 is 11.8 Å². The third-order valence-electron chi connectivity index (χ3n) is 5.18. The van der Waals surface area contributed by atoms with Gasteiger partial charge in [-0.2, -0.15) is 0 Å². The van der Waals surface area contributed by atoms with Crippen LogP contribution in [-0.2, 0) is 0 Å². The molecule has 27 heavy (non-hydrogen) atoms. The topological polar surface area (TPSA) is 3.24 Å². The molecule has 5 rings (SSSR count). The van der Waals surface area contributed by atoms with Gasteiger partial charge in [-0.1, -0.05) is 84.6 Å². The van der Waals surface area contributed by atoms with Gasteiger partial charge in [0.15, 0.2) is 0 Å². The smallest absolute Gasteiger partial charge is 0.0842 e. The molecule has 0 N–H and O–H groups in total. The van der Waals surface area contributed by atoms with Gasteiger partial charge in [-0.15, -0.1) is 0 Å². The molecule has 0 spiro atoms. The Kier molecular flexibility index (Phi) is 4.35. The van der Waals surface area contributed by atoms with E-state index in [-0.39, 0.29) is 6.04 Å². The van der Waals surface area contributed by atoms with E-state index in [1.165, 1.54) is 32.3 Å². The summed E-state index contributed by atoms with van der Waals surface area (Å²) in [5.74, 6) is 0. The molecule has 2 aliphatic rings. The number of anilines is 2. The first-order chi connectivity index (χ1) is 13.4. The predicted molar refractivity (Wildman–Crippen MR) is 115 cm³/mol. The third-order valence-corrected chi connectivity index (χ3v) is 6.31. The van der Waals surface area contributed by atoms with Crippen LogP contribution in [0.2, 0.25) is 0 Å². The van der Waals surface area contributed by atoms with Gasteiger partial charge in [-0.25, -0.2) is 0 Å². The van der Waals surface area contributed by atoms with Gasteiger partial charge in [0.2, 0.25) is 0 Å². The molecule has 0 radical (unpaired) electrons. The zero-order valence-electron chi connectivity index (χ0n) is 15.1. The molecule has 1 nitrogen and oxygen atoms in total. The van der Waals surface area contributed by atoms with Crippen molar-refractivity contribution in [1.29, 1.82) is 0 Å². The summed E-state index contributed by atoms with van der Waals surface area (Å²) in [6.07, 6.45) is 9.27. The van der Waals surface area contributed by atoms with Crippen LogP contribution in [0.15, 0.2) is 112 Å². The Bertz CT molecular complexity index is 974. The minimum atomic E-state index is 0.172. The zero-order chi connectivity index (χ0) is 18.1. The predicted octanol–water partition coefficient (Wildman–Crippen LogP) is 7.31. The van der Waals surface area contributed by atoms with E-state index in [4.69, 9.17) is 0 Å². The first-order valence-electron chi connectivity index (χ1n) is 9.48. The summed E-state index contributed by atoms with van der Waals surface area (Å²) in [5.41, 5.74) is 5.28. The molecule has 1 aliphatic carbocycles. The molecule has 132 valence electrons. The van der Waals surface area contributed by atoms with Gasteiger partial charge in [-0.3, -0.25) is 0 Å². The summed E-state index contributed by atoms with van der Waals surface area (Å²) >= 11 is 1.87. The van der Waals surface area contributed by atoms with Crippen LogP contribution in [0.1, 0.15) is 24.4 Å². The van der Waals surface area contributed by atoms with Crippen LogP contribution in [0.25, 0.3) is 0 Å². The first kappa shape index (κ1) is 16.5. The number of fused-ring (bicyclic) bond motifs is 2. The maximum Gasteiger partial charge on any atom is 0.0842 e. The van der Waals surface area contributed by atoms with Gasteiger partial charge in [0.1, 0.15) is 0 Å². The highest BCUT2D eigenvalue weighted by Gasteiger charge is 2.31. The SMILES string of the molecule is C1=CC(C(c2ccccc2)N2c3ccccc3Sc3ccccc32)=CCC1. The van der Waals surface area contributed by atoms with Crippen LogP contribution in [0.3, 0.4) is 0 Å². The lowest BCUT2D eigenvalue weighted by atomic mass is 9.92. The number of benzene rings is 3. The maximum absolute atomic E-state index is 2.53. The van der Waals surface area contributed by atoms with Crippen LogP contribution in [0, 0.1) is 0 Å². The number of hydrogen-bond acceptors (Lipinski definition) is 2. The second-order valence-corrected chi connectivity index (χ2v) is 7.99. The minimum Gasteiger partial charge on any atom is -0.328 e. The van der Waals surface area contributed by atoms with Crippen molar-refractivity contribution in [3.05, 3.63) is 108 Å². The molecule has 0 bridgehead atoms. The Morgan fingerprint density at radius 1 is 0.704 bits per heavy atom. The normalized spacial score (nSPS) is 16.3. The summed E-state index contributed by atoms with van der Waals surface area (Å²) in [4.78, 5) is 5.16. The van der Waals surface area contributed by atoms with E-state index in [2.05, 4.69) is 102 Å². The fourth-order valence-electron chi connectivity index (χ4n) is 3.97. The van der Waals surface area contributed by atoms with Gasteiger partial charge in [0, 0.05) is 9.79 Å². The van der Waals surface area contributed by atoms with Gasteiger partial charge in [-0.05, 0) is 48.2 Å². The van der Waals surface area contributed by atoms with Crippen molar-refractivity contribution >= 4 is 23.1 Å². The molecule has 1 atom stereocenters. The van der Waals surface area contributed by atoms with E-state index < -0.39 is 0 Å². The van der Waals surface area contributed by atoms with E-state index in [1.807, 2.05) is 11.8 Å². The van der Waals surface area contributed by atoms with Gasteiger partial charge in [0.05, 0.1) is 17.4 Å². The highest BCUT2D eigenvalue weighted by molar-refractivity contribution is 7.99. The summed E-state index contributed by atoms with van der Waals surface area (Å²) in [7, 11) is 0. The number of allylic oxidation sites excluding steroid dienone is 2. The third kappa shape index (κ3) is 3.00. The molecule has 1 aliphatic heterocycles. The lowest BCUT2D eigenvalue weighted by Gasteiger charge is -2.40. The molecular formula is C25H21NS. The summed E-state index contributed by atoms with van der Waals surface area (Å²) in [5, 5.41) is 0. The van der Waals surface area contributed by atoms with Crippen LogP contribution in [0.4, 0.5) is 11.4 Å². The van der Waals surface area contributed by atoms with Gasteiger partial charge < -0.3 is 4.90 Å². The quantitative estimate of drug-likeness (QED) is 0.477. The molecule has 1 heterocycles. The summed E-state index contributed by atoms with van der Waals surface area (Å²) < 4.78 is 0. The van der Waals surface area contributed by atoms with Crippen molar-refractivity contribution in [1.82, 2.24) is 0 Å². The van der Waals surface area contributed by atoms with Crippen LogP contribution < -0.4 is 4.90 Å². The maximum atomic E-state index is 2.53. The lowest BCUT2D eigenvalue weighted by Crippen LogP contribution is -2.28. The molecule has 2 heteroatoms. The first-order valence-corrected chi connectivity index (χ1v) is 10.3. The average Bonchev–Trinajstić information content (AvgIpc) is 2.75. The molecule has 0 saturated heterocycles. The Balaban J connectivity index is 1.74. The molecule has 3 aromatic carbocycles. The van der Waals surface area contributed by atoms with Crippen molar-refractivity contribution in [2.75, 3.05) is 4.90 Å². The second-order valence-electron chi connectivity index (χ2n) is 6.90. The monoisotopic (exact) mass is 367 g/mol. The number of hydrogen-bond donors (Lipinski definition) is 0. The molecule has 1 unspecified atom stereocenters. The van der Waals surface area contributed by atoms with Crippen molar-refractivity contribution < 1.29 is 0 Å². The second kappa shape index (κ2) is 7.13. The molecular weight excluding hydrogens is 346 g/mol. The van der Waals surface area contributed by atoms with Crippen molar-refractivity contribution in [3.63, 3.8) is 0 Å². The van der Waals surface area contributed by atoms with E-state index >= 15 is 0 Å². The zero-order valence-corrected chi connectivity index (χ0v) is 15.9. The Morgan fingerprint density at radius 3 is 1.96 bits per heavy atom. The number of nitrogens with zero attached hydrogens (tertiary/aromatic N) is 1. The molecule has 0 fully saturated rings. The lowest BCUT2D eigenvalue weighted by molar-refractivity contribution is 0.785. The standard InChI is InChI=1S/C25H21NS/c1-3-11-19(12-4-1)25(20-13-5-2-6-14-20)26-21-15-7-9-17-23(21)27-24-18-10-8-16-22(24)26/h1,3-5,7-18,25H,2,6H2. The highest BCUT2D eigenvalue weighted by Crippen LogP contribution is 2.52. The number of para-hydroxylation sites is 2. The summed E-state index contributed by atoms with van der Waals surface area (Å²) in [6, 6.07) is 28.6. The molecule has 3 aromatic rings. The fourth-order valence-corrected chi connectivity index (χ4v) is 5.05. The highest BCUT2D eigenvalue weighted by atomic mass is 32.2. The van der Waals surface area contributed by atoms with Crippen LogP contribution in [0.5, 0.6) is 0 Å². The van der Waals surface area contributed by atoms with E-state index in [0.29, 0.717) is 0 Å².